The van der Waals surface area contributed by atoms with Crippen LogP contribution < -0.4 is 0 Å². The van der Waals surface area contributed by atoms with E-state index in [9.17, 15) is 0 Å². The average Bonchev–Trinajstić information content (AvgIpc) is 0.722. The van der Waals surface area contributed by atoms with Gasteiger partial charge in [0.15, 0.2) is 0 Å². The molecule has 0 heterocycles. The van der Waals surface area contributed by atoms with Gasteiger partial charge in [0.05, 0.1) is 0 Å². The van der Waals surface area contributed by atoms with Gasteiger partial charge in [0.1, 0.15) is 0 Å². The number of hydrogen-bond acceptors (Lipinski definition) is 0. The number of hydrogen-bond donors (Lipinski definition) is 0. The quantitative estimate of drug-likeness (QED) is 0.475. The summed E-state index contributed by atoms with van der Waals surface area (Å²) in [6, 6.07) is 0. The van der Waals surface area contributed by atoms with Crippen molar-refractivity contribution in [1.82, 2.24) is 0 Å². The van der Waals surface area contributed by atoms with E-state index < -0.39 is 6.86 Å². The van der Waals surface area contributed by atoms with Crippen LogP contribution in [0.15, 0.2) is 0 Å². The third-order valence-corrected chi connectivity index (χ3v) is 0. The summed E-state index contributed by atoms with van der Waals surface area (Å²) >= 11 is 1.80. The molecule has 0 saturated carbocycles. The first-order valence-corrected chi connectivity index (χ1v) is 8.65. The van der Waals surface area contributed by atoms with E-state index in [0.717, 1.165) is 0 Å². The molecule has 0 rings (SSSR count). The summed E-state index contributed by atoms with van der Waals surface area (Å²) in [5.41, 5.74) is 0. The normalized spacial score (nSPS) is 15.2. The Balaban J connectivity index is 3.02. The van der Waals surface area contributed by atoms with Gasteiger partial charge >= 0.3 is 57.5 Å². The van der Waals surface area contributed by atoms with Crippen molar-refractivity contribution in [2.45, 2.75) is 0 Å². The van der Waals surface area contributed by atoms with Crippen molar-refractivity contribution in [3.05, 3.63) is 0 Å². The van der Waals surface area contributed by atoms with Gasteiger partial charge in [-0.2, -0.15) is 0 Å². The van der Waals surface area contributed by atoms with Crippen molar-refractivity contribution in [1.29, 1.82) is 0 Å². The van der Waals surface area contributed by atoms with Crippen molar-refractivity contribution < 1.29 is 6.86 Å². The Morgan fingerprint density at radius 3 is 1.20 bits per heavy atom. The molecule has 0 aliphatic carbocycles. The molecule has 0 unspecified atom stereocenters. The van der Waals surface area contributed by atoms with Gasteiger partial charge in [0.2, 0.25) is 0 Å². The van der Waals surface area contributed by atoms with Crippen LogP contribution in [0.3, 0.4) is 0 Å². The first-order valence-electron chi connectivity index (χ1n) is 0.535. The van der Waals surface area contributed by atoms with Crippen molar-refractivity contribution in [3.63, 3.8) is 0 Å². The second kappa shape index (κ2) is 2.43. The van der Waals surface area contributed by atoms with E-state index in [1.807, 2.05) is 0 Å². The van der Waals surface area contributed by atoms with Crippen LogP contribution >= 0.6 is 50.6 Å². The van der Waals surface area contributed by atoms with Gasteiger partial charge in [-0.1, -0.05) is 0 Å². The summed E-state index contributed by atoms with van der Waals surface area (Å²) in [5.74, 6) is 0. The zero-order chi connectivity index (χ0) is 4.50. The van der Waals surface area contributed by atoms with E-state index in [1.54, 1.807) is 20.3 Å². The molecule has 5 heteroatoms. The molecule has 5 heavy (non-hydrogen) atoms. The summed E-state index contributed by atoms with van der Waals surface area (Å²) < 4.78 is 0. The van der Waals surface area contributed by atoms with Gasteiger partial charge in [-0.25, -0.2) is 0 Å². The second-order valence-corrected chi connectivity index (χ2v) is 18.2. The van der Waals surface area contributed by atoms with Gasteiger partial charge in [0.25, 0.3) is 0 Å². The van der Waals surface area contributed by atoms with Crippen LogP contribution in [0, 0.1) is 0 Å². The molecule has 0 bridgehead atoms. The molecule has 0 radical (unpaired) electrons. The predicted molar refractivity (Wildman–Crippen MR) is 31.6 cm³/mol. The van der Waals surface area contributed by atoms with Crippen LogP contribution in [0.4, 0.5) is 0 Å². The third kappa shape index (κ3) is 23.1. The van der Waals surface area contributed by atoms with E-state index in [1.165, 1.54) is 0 Å². The van der Waals surface area contributed by atoms with E-state index in [2.05, 4.69) is 0 Å². The predicted octanol–water partition coefficient (Wildman–Crippen LogP) is 2.95. The molecule has 0 aliphatic rings. The fourth-order valence-corrected chi connectivity index (χ4v) is 0. The van der Waals surface area contributed by atoms with E-state index in [-0.39, 0.29) is 0 Å². The molecule has 0 fully saturated rings. The zero-order valence-electron chi connectivity index (χ0n) is 1.87. The maximum absolute atomic E-state index is 5.17. The second-order valence-electron chi connectivity index (χ2n) is 0.303. The molecule has 0 amide bonds. The summed E-state index contributed by atoms with van der Waals surface area (Å²) in [4.78, 5) is 0. The van der Waals surface area contributed by atoms with E-state index in [4.69, 9.17) is 30.3 Å². The van der Waals surface area contributed by atoms with E-state index in [0.29, 0.717) is 0 Å². The van der Waals surface area contributed by atoms with Crippen molar-refractivity contribution in [3.8, 4) is 0 Å². The topological polar surface area (TPSA) is 0 Å². The monoisotopic (exact) mass is 288 g/mol. The fourth-order valence-electron chi connectivity index (χ4n) is 0. The molecule has 0 aromatic heterocycles. The third-order valence-electron chi connectivity index (χ3n) is 0. The molecule has 0 atom stereocenters. The summed E-state index contributed by atoms with van der Waals surface area (Å²) in [6.07, 6.45) is 0. The molecule has 37 valence electrons. The van der Waals surface area contributed by atoms with Crippen LogP contribution in [0.5, 0.6) is 0 Å². The Bertz CT molecular complexity index is 22.4. The molecule has 0 saturated heterocycles. The Labute approximate surface area is 56.8 Å². The summed E-state index contributed by atoms with van der Waals surface area (Å²) in [6.45, 7) is -2.11. The van der Waals surface area contributed by atoms with Crippen LogP contribution in [0.2, 0.25) is 0 Å². The first kappa shape index (κ1) is 7.12. The van der Waals surface area contributed by atoms with Crippen molar-refractivity contribution in [2.75, 3.05) is 0 Å². The SMILES string of the molecule is [Cl][Fe-]([Cl])([Cl])[I]. The molecular weight excluding hydrogens is 289 g/mol. The summed E-state index contributed by atoms with van der Waals surface area (Å²) in [7, 11) is 15.5. The minimum atomic E-state index is -2.11. The average molecular weight is 289 g/mol. The molecule has 0 N–H and O–H groups in total. The van der Waals surface area contributed by atoms with E-state index >= 15 is 0 Å². The van der Waals surface area contributed by atoms with Gasteiger partial charge in [-0.05, 0) is 0 Å². The summed E-state index contributed by atoms with van der Waals surface area (Å²) in [5, 5.41) is 0. The number of halogens is 4. The van der Waals surface area contributed by atoms with Gasteiger partial charge in [-0.3, -0.25) is 0 Å². The van der Waals surface area contributed by atoms with Crippen LogP contribution in [0.1, 0.15) is 0 Å². The Hall–Kier alpha value is 2.12. The van der Waals surface area contributed by atoms with Crippen LogP contribution in [0.25, 0.3) is 0 Å². The number of rotatable bonds is 0. The van der Waals surface area contributed by atoms with Crippen molar-refractivity contribution >= 4 is 50.6 Å². The molecular formula is Cl3FeI-. The zero-order valence-corrected chi connectivity index (χ0v) is 7.39. The Kier molecular flexibility index (Phi) is 3.46. The minimum absolute atomic E-state index is 1.80. The fraction of sp³-hybridized carbons (Fsp3) is 0. The van der Waals surface area contributed by atoms with Gasteiger partial charge in [0, 0.05) is 0 Å². The first-order chi connectivity index (χ1) is 2.00. The molecule has 0 spiro atoms. The molecule has 0 aromatic rings. The molecule has 0 aromatic carbocycles. The van der Waals surface area contributed by atoms with Crippen LogP contribution in [-0.2, 0) is 6.86 Å². The standard InChI is InChI=1S/3ClH.Fe.HI/h3*1H;;1H/q;;;+3;/p-4. The van der Waals surface area contributed by atoms with Gasteiger partial charge < -0.3 is 0 Å². The van der Waals surface area contributed by atoms with Crippen LogP contribution in [-0.4, -0.2) is 0 Å². The van der Waals surface area contributed by atoms with Crippen molar-refractivity contribution in [2.24, 2.45) is 0 Å². The Morgan fingerprint density at radius 2 is 1.20 bits per heavy atom. The Morgan fingerprint density at radius 1 is 1.20 bits per heavy atom. The maximum atomic E-state index is 5.17. The molecule has 0 nitrogen and oxygen atoms in total. The molecule has 0 aliphatic heterocycles. The van der Waals surface area contributed by atoms with Gasteiger partial charge in [-0.15, -0.1) is 0 Å².